The van der Waals surface area contributed by atoms with Crippen LogP contribution in [0.4, 0.5) is 11.5 Å². The maximum Gasteiger partial charge on any atom is 0.148 e. The number of hydrogen-bond acceptors (Lipinski definition) is 5. The fourth-order valence-corrected chi connectivity index (χ4v) is 1.32. The molecule has 0 aliphatic heterocycles. The first-order valence-corrected chi connectivity index (χ1v) is 5.06. The number of hydrogen-bond donors (Lipinski definition) is 1. The van der Waals surface area contributed by atoms with E-state index in [0.29, 0.717) is 5.82 Å². The second-order valence-corrected chi connectivity index (χ2v) is 3.72. The van der Waals surface area contributed by atoms with Crippen LogP contribution in [0.15, 0.2) is 29.4 Å². The molecule has 0 bridgehead atoms. The fraction of sp³-hybridized carbons (Fsp3) is 0.111. The first-order chi connectivity index (χ1) is 7.25. The van der Waals surface area contributed by atoms with Gasteiger partial charge in [0.15, 0.2) is 0 Å². The van der Waals surface area contributed by atoms with E-state index in [1.165, 1.54) is 6.33 Å². The third kappa shape index (κ3) is 2.47. The van der Waals surface area contributed by atoms with Crippen molar-refractivity contribution in [1.82, 2.24) is 19.9 Å². The highest BCUT2D eigenvalue weighted by molar-refractivity contribution is 9.10. The van der Waals surface area contributed by atoms with Crippen LogP contribution in [0.5, 0.6) is 0 Å². The highest BCUT2D eigenvalue weighted by Gasteiger charge is 2.01. The van der Waals surface area contributed by atoms with Gasteiger partial charge in [0, 0.05) is 6.20 Å². The van der Waals surface area contributed by atoms with E-state index in [1.54, 1.807) is 18.6 Å². The molecule has 1 N–H and O–H groups in total. The highest BCUT2D eigenvalue weighted by atomic mass is 79.9. The lowest BCUT2D eigenvalue weighted by atomic mass is 10.5. The van der Waals surface area contributed by atoms with E-state index >= 15 is 0 Å². The lowest BCUT2D eigenvalue weighted by Gasteiger charge is -2.05. The molecule has 2 aromatic heterocycles. The molecule has 0 amide bonds. The van der Waals surface area contributed by atoms with Crippen LogP contribution in [0.25, 0.3) is 0 Å². The van der Waals surface area contributed by atoms with Gasteiger partial charge in [0.1, 0.15) is 18.0 Å². The number of anilines is 2. The zero-order valence-electron chi connectivity index (χ0n) is 7.98. The van der Waals surface area contributed by atoms with Crippen LogP contribution in [0.3, 0.4) is 0 Å². The molecule has 0 fully saturated rings. The summed E-state index contributed by atoms with van der Waals surface area (Å²) < 4.78 is 0.797. The van der Waals surface area contributed by atoms with Gasteiger partial charge in [0.2, 0.25) is 0 Å². The molecule has 5 nitrogen and oxygen atoms in total. The van der Waals surface area contributed by atoms with Gasteiger partial charge in [-0.2, -0.15) is 0 Å². The molecule has 0 saturated heterocycles. The molecule has 0 radical (unpaired) electrons. The molecule has 15 heavy (non-hydrogen) atoms. The predicted molar refractivity (Wildman–Crippen MR) is 59.8 cm³/mol. The Morgan fingerprint density at radius 2 is 1.87 bits per heavy atom. The Labute approximate surface area is 95.1 Å². The smallest absolute Gasteiger partial charge is 0.148 e. The van der Waals surface area contributed by atoms with E-state index in [-0.39, 0.29) is 0 Å². The third-order valence-corrected chi connectivity index (χ3v) is 2.29. The molecule has 0 unspecified atom stereocenters. The van der Waals surface area contributed by atoms with Gasteiger partial charge in [0.25, 0.3) is 0 Å². The van der Waals surface area contributed by atoms with Crippen LogP contribution in [-0.2, 0) is 0 Å². The maximum absolute atomic E-state index is 4.07. The van der Waals surface area contributed by atoms with Crippen molar-refractivity contribution in [3.63, 3.8) is 0 Å². The van der Waals surface area contributed by atoms with Crippen LogP contribution in [0.2, 0.25) is 0 Å². The summed E-state index contributed by atoms with van der Waals surface area (Å²) in [4.78, 5) is 16.1. The first kappa shape index (κ1) is 9.97. The van der Waals surface area contributed by atoms with E-state index < -0.39 is 0 Å². The van der Waals surface area contributed by atoms with Gasteiger partial charge < -0.3 is 5.32 Å². The number of aromatic nitrogens is 4. The number of halogens is 1. The maximum atomic E-state index is 4.07. The quantitative estimate of drug-likeness (QED) is 0.901. The molecule has 0 atom stereocenters. The number of nitrogens with one attached hydrogen (secondary N) is 1. The highest BCUT2D eigenvalue weighted by Crippen LogP contribution is 2.20. The lowest BCUT2D eigenvalue weighted by molar-refractivity contribution is 1.05. The topological polar surface area (TPSA) is 63.6 Å². The molecule has 0 saturated carbocycles. The van der Waals surface area contributed by atoms with Gasteiger partial charge in [-0.3, -0.25) is 0 Å². The Morgan fingerprint density at radius 3 is 2.53 bits per heavy atom. The molecule has 2 heterocycles. The van der Waals surface area contributed by atoms with E-state index in [9.17, 15) is 0 Å². The van der Waals surface area contributed by atoms with E-state index in [2.05, 4.69) is 41.2 Å². The summed E-state index contributed by atoms with van der Waals surface area (Å²) in [5, 5.41) is 3.08. The van der Waals surface area contributed by atoms with Crippen molar-refractivity contribution in [3.8, 4) is 0 Å². The van der Waals surface area contributed by atoms with Gasteiger partial charge in [-0.05, 0) is 22.9 Å². The summed E-state index contributed by atoms with van der Waals surface area (Å²) in [6.07, 6.45) is 6.56. The van der Waals surface area contributed by atoms with Gasteiger partial charge >= 0.3 is 0 Å². The molecule has 0 spiro atoms. The zero-order valence-corrected chi connectivity index (χ0v) is 9.56. The SMILES string of the molecule is Cc1ncc(Nc2ncncc2Br)cn1. The number of rotatable bonds is 2. The summed E-state index contributed by atoms with van der Waals surface area (Å²) >= 11 is 3.34. The van der Waals surface area contributed by atoms with Crippen molar-refractivity contribution in [1.29, 1.82) is 0 Å². The summed E-state index contributed by atoms with van der Waals surface area (Å²) in [5.41, 5.74) is 0.792. The summed E-state index contributed by atoms with van der Waals surface area (Å²) in [5.74, 6) is 1.43. The largest absolute Gasteiger partial charge is 0.337 e. The molecular weight excluding hydrogens is 258 g/mol. The van der Waals surface area contributed by atoms with Crippen LogP contribution in [0, 0.1) is 6.92 Å². The van der Waals surface area contributed by atoms with Crippen LogP contribution >= 0.6 is 15.9 Å². The van der Waals surface area contributed by atoms with Gasteiger partial charge in [-0.1, -0.05) is 0 Å². The second-order valence-electron chi connectivity index (χ2n) is 2.86. The average molecular weight is 266 g/mol. The van der Waals surface area contributed by atoms with Crippen LogP contribution in [-0.4, -0.2) is 19.9 Å². The van der Waals surface area contributed by atoms with Gasteiger partial charge in [-0.15, -0.1) is 0 Å². The fourth-order valence-electron chi connectivity index (χ4n) is 0.998. The molecule has 2 rings (SSSR count). The summed E-state index contributed by atoms with van der Waals surface area (Å²) in [7, 11) is 0. The minimum absolute atomic E-state index is 0.692. The Hall–Kier alpha value is -1.56. The standard InChI is InChI=1S/C9H8BrN5/c1-6-12-2-7(3-13-6)15-9-8(10)4-11-5-14-9/h2-5H,1H3,(H,11,14,15). The van der Waals surface area contributed by atoms with Crippen molar-refractivity contribution in [2.24, 2.45) is 0 Å². The van der Waals surface area contributed by atoms with Gasteiger partial charge in [0.05, 0.1) is 22.6 Å². The van der Waals surface area contributed by atoms with Crippen LogP contribution in [0.1, 0.15) is 5.82 Å². The van der Waals surface area contributed by atoms with E-state index in [1.807, 2.05) is 6.92 Å². The van der Waals surface area contributed by atoms with E-state index in [4.69, 9.17) is 0 Å². The Balaban J connectivity index is 2.22. The van der Waals surface area contributed by atoms with E-state index in [0.717, 1.165) is 16.0 Å². The molecular formula is C9H8BrN5. The monoisotopic (exact) mass is 265 g/mol. The predicted octanol–water partition coefficient (Wildman–Crippen LogP) is 2.08. The Morgan fingerprint density at radius 1 is 1.13 bits per heavy atom. The van der Waals surface area contributed by atoms with Crippen molar-refractivity contribution in [2.75, 3.05) is 5.32 Å². The molecule has 0 aromatic carbocycles. The molecule has 6 heteroatoms. The summed E-state index contributed by atoms with van der Waals surface area (Å²) in [6.45, 7) is 1.84. The minimum Gasteiger partial charge on any atom is -0.337 e. The third-order valence-electron chi connectivity index (χ3n) is 1.71. The molecule has 76 valence electrons. The Kier molecular flexibility index (Phi) is 2.86. The summed E-state index contributed by atoms with van der Waals surface area (Å²) in [6, 6.07) is 0. The Bertz CT molecular complexity index is 456. The molecule has 2 aromatic rings. The lowest BCUT2D eigenvalue weighted by Crippen LogP contribution is -1.97. The normalized spacial score (nSPS) is 10.0. The minimum atomic E-state index is 0.692. The first-order valence-electron chi connectivity index (χ1n) is 4.27. The van der Waals surface area contributed by atoms with Crippen molar-refractivity contribution in [2.45, 2.75) is 6.92 Å². The van der Waals surface area contributed by atoms with Crippen molar-refractivity contribution in [3.05, 3.63) is 35.2 Å². The molecule has 0 aliphatic carbocycles. The number of aryl methyl sites for hydroxylation is 1. The number of nitrogens with zero attached hydrogens (tertiary/aromatic N) is 4. The molecule has 0 aliphatic rings. The van der Waals surface area contributed by atoms with Gasteiger partial charge in [-0.25, -0.2) is 19.9 Å². The second kappa shape index (κ2) is 4.31. The zero-order chi connectivity index (χ0) is 10.7. The van der Waals surface area contributed by atoms with Crippen molar-refractivity contribution < 1.29 is 0 Å². The van der Waals surface area contributed by atoms with Crippen molar-refractivity contribution >= 4 is 27.4 Å². The average Bonchev–Trinajstić information content (AvgIpc) is 2.25. The van der Waals surface area contributed by atoms with Crippen LogP contribution < -0.4 is 5.32 Å².